The van der Waals surface area contributed by atoms with Gasteiger partial charge in [0, 0.05) is 23.7 Å². The number of rotatable bonds is 5. The normalized spacial score (nSPS) is 10.6. The Kier molecular flexibility index (Phi) is 4.24. The van der Waals surface area contributed by atoms with Crippen LogP contribution in [0.3, 0.4) is 0 Å². The number of hydrogen-bond donors (Lipinski definition) is 1. The zero-order chi connectivity index (χ0) is 15.4. The van der Waals surface area contributed by atoms with Crippen molar-refractivity contribution < 1.29 is 4.74 Å². The van der Waals surface area contributed by atoms with E-state index in [1.165, 1.54) is 16.4 Å². The number of benzene rings is 1. The minimum Gasteiger partial charge on any atom is -0.497 e. The fourth-order valence-corrected chi connectivity index (χ4v) is 2.78. The molecule has 1 aromatic carbocycles. The van der Waals surface area contributed by atoms with Crippen LogP contribution in [0.1, 0.15) is 5.56 Å². The lowest BCUT2D eigenvalue weighted by molar-refractivity contribution is 0.414. The number of methoxy groups -OCH3 is 1. The van der Waals surface area contributed by atoms with E-state index in [-0.39, 0.29) is 0 Å². The van der Waals surface area contributed by atoms with Crippen molar-refractivity contribution in [2.45, 2.75) is 10.9 Å². The summed E-state index contributed by atoms with van der Waals surface area (Å²) < 4.78 is 6.71. The molecule has 2 N–H and O–H groups in total. The van der Waals surface area contributed by atoms with Gasteiger partial charge < -0.3 is 10.6 Å². The summed E-state index contributed by atoms with van der Waals surface area (Å²) in [5.41, 5.74) is 1.97. The molecule has 0 radical (unpaired) electrons. The fraction of sp³-hybridized carbons (Fsp3) is 0.133. The van der Waals surface area contributed by atoms with Crippen LogP contribution in [0.25, 0.3) is 11.4 Å². The van der Waals surface area contributed by atoms with Crippen LogP contribution in [-0.2, 0) is 5.75 Å². The van der Waals surface area contributed by atoms with Crippen molar-refractivity contribution in [3.8, 4) is 17.1 Å². The molecule has 3 aromatic rings. The summed E-state index contributed by atoms with van der Waals surface area (Å²) in [4.78, 5) is 4.07. The van der Waals surface area contributed by atoms with Crippen molar-refractivity contribution in [1.29, 1.82) is 0 Å². The zero-order valence-corrected chi connectivity index (χ0v) is 12.8. The molecule has 0 bridgehead atoms. The van der Waals surface area contributed by atoms with Gasteiger partial charge in [0.15, 0.2) is 5.82 Å². The van der Waals surface area contributed by atoms with E-state index in [9.17, 15) is 0 Å². The molecule has 0 aliphatic heterocycles. The van der Waals surface area contributed by atoms with Crippen molar-refractivity contribution in [3.63, 3.8) is 0 Å². The third kappa shape index (κ3) is 3.04. The van der Waals surface area contributed by atoms with Crippen molar-refractivity contribution in [2.24, 2.45) is 0 Å². The Bertz CT molecular complexity index is 760. The number of nitrogens with zero attached hydrogens (tertiary/aromatic N) is 4. The van der Waals surface area contributed by atoms with Crippen molar-refractivity contribution in [1.82, 2.24) is 19.9 Å². The Morgan fingerprint density at radius 2 is 2.14 bits per heavy atom. The second kappa shape index (κ2) is 6.48. The lowest BCUT2D eigenvalue weighted by Gasteiger charge is -2.05. The molecule has 22 heavy (non-hydrogen) atoms. The first-order valence-electron chi connectivity index (χ1n) is 6.64. The average Bonchev–Trinajstić information content (AvgIpc) is 2.95. The molecule has 6 nitrogen and oxygen atoms in total. The van der Waals surface area contributed by atoms with Gasteiger partial charge in [0.25, 0.3) is 0 Å². The third-order valence-electron chi connectivity index (χ3n) is 3.09. The first-order valence-corrected chi connectivity index (χ1v) is 7.63. The minimum atomic E-state index is 0.598. The highest BCUT2D eigenvalue weighted by atomic mass is 32.2. The first-order chi connectivity index (χ1) is 10.8. The van der Waals surface area contributed by atoms with Crippen LogP contribution in [0.2, 0.25) is 0 Å². The highest BCUT2D eigenvalue weighted by Crippen LogP contribution is 2.25. The molecule has 0 unspecified atom stereocenters. The van der Waals surface area contributed by atoms with E-state index >= 15 is 0 Å². The third-order valence-corrected chi connectivity index (χ3v) is 4.10. The van der Waals surface area contributed by atoms with Gasteiger partial charge in [0.2, 0.25) is 5.16 Å². The minimum absolute atomic E-state index is 0.598. The number of hydrogen-bond acceptors (Lipinski definition) is 6. The van der Waals surface area contributed by atoms with Gasteiger partial charge in [0.1, 0.15) is 5.75 Å². The van der Waals surface area contributed by atoms with E-state index in [0.29, 0.717) is 11.0 Å². The summed E-state index contributed by atoms with van der Waals surface area (Å²) in [6.07, 6.45) is 3.42. The lowest BCUT2D eigenvalue weighted by Crippen LogP contribution is -2.11. The van der Waals surface area contributed by atoms with Gasteiger partial charge >= 0.3 is 0 Å². The summed E-state index contributed by atoms with van der Waals surface area (Å²) in [5.74, 6) is 8.24. The van der Waals surface area contributed by atoms with Gasteiger partial charge in [-0.15, -0.1) is 10.2 Å². The van der Waals surface area contributed by atoms with E-state index in [1.54, 1.807) is 19.5 Å². The summed E-state index contributed by atoms with van der Waals surface area (Å²) >= 11 is 1.52. The maximum atomic E-state index is 6.07. The Hall–Kier alpha value is -2.54. The molecule has 0 atom stereocenters. The Morgan fingerprint density at radius 3 is 2.91 bits per heavy atom. The van der Waals surface area contributed by atoms with Crippen molar-refractivity contribution >= 4 is 11.8 Å². The van der Waals surface area contributed by atoms with Crippen LogP contribution in [0.15, 0.2) is 53.9 Å². The fourth-order valence-electron chi connectivity index (χ4n) is 1.98. The van der Waals surface area contributed by atoms with Gasteiger partial charge in [0.05, 0.1) is 7.11 Å². The number of nitrogen functional groups attached to an aromatic ring is 1. The Morgan fingerprint density at radius 1 is 1.23 bits per heavy atom. The molecule has 0 spiro atoms. The number of thioether (sulfide) groups is 1. The highest BCUT2D eigenvalue weighted by Gasteiger charge is 2.12. The molecule has 2 heterocycles. The number of ether oxygens (including phenoxy) is 1. The molecule has 0 saturated heterocycles. The van der Waals surface area contributed by atoms with Crippen LogP contribution < -0.4 is 10.6 Å². The molecule has 7 heteroatoms. The molecule has 3 rings (SSSR count). The van der Waals surface area contributed by atoms with Gasteiger partial charge in [-0.05, 0) is 29.8 Å². The van der Waals surface area contributed by atoms with Crippen LogP contribution in [0.5, 0.6) is 5.75 Å². The zero-order valence-electron chi connectivity index (χ0n) is 12.0. The highest BCUT2D eigenvalue weighted by molar-refractivity contribution is 7.98. The number of nitrogens with two attached hydrogens (primary N) is 1. The Labute approximate surface area is 132 Å². The first kappa shape index (κ1) is 14.4. The van der Waals surface area contributed by atoms with Gasteiger partial charge in [-0.25, -0.2) is 4.68 Å². The smallest absolute Gasteiger partial charge is 0.210 e. The van der Waals surface area contributed by atoms with Crippen LogP contribution in [0.4, 0.5) is 0 Å². The van der Waals surface area contributed by atoms with E-state index in [1.807, 2.05) is 36.4 Å². The molecular formula is C15H15N5OS. The molecule has 0 fully saturated rings. The quantitative estimate of drug-likeness (QED) is 0.575. The largest absolute Gasteiger partial charge is 0.497 e. The summed E-state index contributed by atoms with van der Waals surface area (Å²) in [5, 5.41) is 8.93. The van der Waals surface area contributed by atoms with Gasteiger partial charge in [-0.3, -0.25) is 4.98 Å². The topological polar surface area (TPSA) is 78.9 Å². The second-order valence-corrected chi connectivity index (χ2v) is 5.50. The van der Waals surface area contributed by atoms with Gasteiger partial charge in [-0.1, -0.05) is 23.9 Å². The van der Waals surface area contributed by atoms with E-state index in [4.69, 9.17) is 10.6 Å². The average molecular weight is 313 g/mol. The summed E-state index contributed by atoms with van der Waals surface area (Å²) in [7, 11) is 1.66. The number of pyridine rings is 1. The van der Waals surface area contributed by atoms with E-state index in [2.05, 4.69) is 15.2 Å². The van der Waals surface area contributed by atoms with E-state index < -0.39 is 0 Å². The van der Waals surface area contributed by atoms with Crippen LogP contribution in [0, 0.1) is 0 Å². The maximum Gasteiger partial charge on any atom is 0.210 e. The maximum absolute atomic E-state index is 6.07. The molecule has 0 amide bonds. The monoisotopic (exact) mass is 313 g/mol. The standard InChI is InChI=1S/C15H15N5OS/c1-21-13-6-2-4-11(8-13)10-22-15-19-18-14(20(15)16)12-5-3-7-17-9-12/h2-9H,10,16H2,1H3. The summed E-state index contributed by atoms with van der Waals surface area (Å²) in [6.45, 7) is 0. The van der Waals surface area contributed by atoms with Crippen LogP contribution >= 0.6 is 11.8 Å². The van der Waals surface area contributed by atoms with Crippen molar-refractivity contribution in [2.75, 3.05) is 13.0 Å². The van der Waals surface area contributed by atoms with Gasteiger partial charge in [-0.2, -0.15) is 0 Å². The van der Waals surface area contributed by atoms with Crippen LogP contribution in [-0.4, -0.2) is 27.0 Å². The summed E-state index contributed by atoms with van der Waals surface area (Å²) in [6, 6.07) is 11.6. The molecular weight excluding hydrogens is 298 g/mol. The SMILES string of the molecule is COc1cccc(CSc2nnc(-c3cccnc3)n2N)c1. The van der Waals surface area contributed by atoms with Crippen molar-refractivity contribution in [3.05, 3.63) is 54.4 Å². The molecule has 2 aromatic heterocycles. The predicted octanol–water partition coefficient (Wildman–Crippen LogP) is 2.35. The lowest BCUT2D eigenvalue weighted by atomic mass is 10.2. The second-order valence-electron chi connectivity index (χ2n) is 4.56. The predicted molar refractivity (Wildman–Crippen MR) is 86.0 cm³/mol. The molecule has 112 valence electrons. The molecule has 0 aliphatic carbocycles. The number of aromatic nitrogens is 4. The Balaban J connectivity index is 1.75. The molecule has 0 aliphatic rings. The van der Waals surface area contributed by atoms with E-state index in [0.717, 1.165) is 22.6 Å². The molecule has 0 saturated carbocycles.